The number of carbonyl (C=O) groups is 1. The SMILES string of the molecule is Cc1cc(/C=C/C(=O)[O-])ccn1. The summed E-state index contributed by atoms with van der Waals surface area (Å²) in [6, 6.07) is 3.52. The van der Waals surface area contributed by atoms with Crippen molar-refractivity contribution in [3.05, 3.63) is 35.7 Å². The van der Waals surface area contributed by atoms with Crippen LogP contribution in [0.4, 0.5) is 0 Å². The van der Waals surface area contributed by atoms with Gasteiger partial charge in [-0.15, -0.1) is 0 Å². The van der Waals surface area contributed by atoms with E-state index >= 15 is 0 Å². The van der Waals surface area contributed by atoms with Crippen LogP contribution in [-0.2, 0) is 4.79 Å². The molecule has 0 aromatic carbocycles. The highest BCUT2D eigenvalue weighted by Crippen LogP contribution is 2.02. The average molecular weight is 162 g/mol. The maximum atomic E-state index is 10.0. The van der Waals surface area contributed by atoms with Crippen LogP contribution in [0.2, 0.25) is 0 Å². The second-order valence-electron chi connectivity index (χ2n) is 2.38. The molecule has 0 saturated heterocycles. The van der Waals surface area contributed by atoms with E-state index in [2.05, 4.69) is 4.98 Å². The molecule has 0 amide bonds. The molecule has 1 rings (SSSR count). The van der Waals surface area contributed by atoms with E-state index < -0.39 is 5.97 Å². The minimum Gasteiger partial charge on any atom is -0.545 e. The number of hydrogen-bond acceptors (Lipinski definition) is 3. The van der Waals surface area contributed by atoms with Gasteiger partial charge in [-0.3, -0.25) is 4.98 Å². The fourth-order valence-corrected chi connectivity index (χ4v) is 0.835. The van der Waals surface area contributed by atoms with Gasteiger partial charge in [-0.05, 0) is 30.7 Å². The Bertz CT molecular complexity index is 318. The van der Waals surface area contributed by atoms with Gasteiger partial charge in [0.2, 0.25) is 0 Å². The first-order chi connectivity index (χ1) is 5.68. The summed E-state index contributed by atoms with van der Waals surface area (Å²) in [4.78, 5) is 14.0. The number of aromatic nitrogens is 1. The van der Waals surface area contributed by atoms with E-state index in [-0.39, 0.29) is 0 Å². The van der Waals surface area contributed by atoms with Crippen molar-refractivity contribution in [2.75, 3.05) is 0 Å². The number of carbonyl (C=O) groups excluding carboxylic acids is 1. The molecule has 1 aromatic heterocycles. The zero-order valence-corrected chi connectivity index (χ0v) is 6.65. The number of pyridine rings is 1. The maximum absolute atomic E-state index is 10.0. The molecule has 1 heterocycles. The average Bonchev–Trinajstić information content (AvgIpc) is 2.01. The Labute approximate surface area is 70.4 Å². The van der Waals surface area contributed by atoms with E-state index in [0.717, 1.165) is 17.3 Å². The van der Waals surface area contributed by atoms with E-state index in [1.807, 2.05) is 6.92 Å². The number of aliphatic carboxylic acids is 1. The lowest BCUT2D eigenvalue weighted by molar-refractivity contribution is -0.297. The highest BCUT2D eigenvalue weighted by atomic mass is 16.4. The molecule has 0 atom stereocenters. The molecule has 0 aliphatic heterocycles. The first kappa shape index (κ1) is 8.46. The van der Waals surface area contributed by atoms with Gasteiger partial charge in [-0.25, -0.2) is 0 Å². The van der Waals surface area contributed by atoms with Crippen LogP contribution in [0.15, 0.2) is 24.4 Å². The van der Waals surface area contributed by atoms with Crippen molar-refractivity contribution in [3.8, 4) is 0 Å². The molecule has 0 unspecified atom stereocenters. The van der Waals surface area contributed by atoms with Gasteiger partial charge in [0.15, 0.2) is 0 Å². The fourth-order valence-electron chi connectivity index (χ4n) is 0.835. The van der Waals surface area contributed by atoms with Gasteiger partial charge in [0.1, 0.15) is 0 Å². The lowest BCUT2D eigenvalue weighted by Crippen LogP contribution is -2.18. The quantitative estimate of drug-likeness (QED) is 0.582. The first-order valence-electron chi connectivity index (χ1n) is 3.50. The van der Waals surface area contributed by atoms with Crippen molar-refractivity contribution in [1.29, 1.82) is 0 Å². The van der Waals surface area contributed by atoms with Crippen LogP contribution < -0.4 is 5.11 Å². The molecule has 0 N–H and O–H groups in total. The Balaban J connectivity index is 2.83. The molecular weight excluding hydrogens is 154 g/mol. The summed E-state index contributed by atoms with van der Waals surface area (Å²) < 4.78 is 0. The molecule has 1 aromatic rings. The van der Waals surface area contributed by atoms with Crippen molar-refractivity contribution in [2.45, 2.75) is 6.92 Å². The zero-order valence-electron chi connectivity index (χ0n) is 6.65. The van der Waals surface area contributed by atoms with E-state index in [1.165, 1.54) is 6.08 Å². The number of rotatable bonds is 2. The second kappa shape index (κ2) is 3.67. The molecule has 0 spiro atoms. The molecule has 0 bridgehead atoms. The Hall–Kier alpha value is -1.64. The molecule has 3 heteroatoms. The van der Waals surface area contributed by atoms with Crippen LogP contribution in [0.25, 0.3) is 6.08 Å². The molecular formula is C9H8NO2-. The van der Waals surface area contributed by atoms with Crippen molar-refractivity contribution in [1.82, 2.24) is 4.98 Å². The van der Waals surface area contributed by atoms with Crippen molar-refractivity contribution >= 4 is 12.0 Å². The Morgan fingerprint density at radius 3 is 3.00 bits per heavy atom. The third kappa shape index (κ3) is 2.54. The first-order valence-corrected chi connectivity index (χ1v) is 3.50. The summed E-state index contributed by atoms with van der Waals surface area (Å²) in [5, 5.41) is 10.0. The smallest absolute Gasteiger partial charge is 0.0643 e. The summed E-state index contributed by atoms with van der Waals surface area (Å²) >= 11 is 0. The third-order valence-electron chi connectivity index (χ3n) is 1.33. The summed E-state index contributed by atoms with van der Waals surface area (Å²) in [7, 11) is 0. The van der Waals surface area contributed by atoms with Crippen LogP contribution in [0.5, 0.6) is 0 Å². The normalized spacial score (nSPS) is 10.4. The number of carboxylic acid groups (broad SMARTS) is 1. The van der Waals surface area contributed by atoms with Gasteiger partial charge < -0.3 is 9.90 Å². The third-order valence-corrected chi connectivity index (χ3v) is 1.33. The van der Waals surface area contributed by atoms with Crippen molar-refractivity contribution in [2.24, 2.45) is 0 Å². The summed E-state index contributed by atoms with van der Waals surface area (Å²) in [6.45, 7) is 1.84. The summed E-state index contributed by atoms with van der Waals surface area (Å²) in [5.41, 5.74) is 1.67. The fraction of sp³-hybridized carbons (Fsp3) is 0.111. The molecule has 0 aliphatic rings. The van der Waals surface area contributed by atoms with Crippen LogP contribution in [0.1, 0.15) is 11.3 Å². The molecule has 3 nitrogen and oxygen atoms in total. The number of nitrogens with zero attached hydrogens (tertiary/aromatic N) is 1. The predicted molar refractivity (Wildman–Crippen MR) is 43.0 cm³/mol. The van der Waals surface area contributed by atoms with Crippen LogP contribution >= 0.6 is 0 Å². The van der Waals surface area contributed by atoms with Gasteiger partial charge in [0.25, 0.3) is 0 Å². The molecule has 62 valence electrons. The molecule has 0 radical (unpaired) electrons. The van der Waals surface area contributed by atoms with Gasteiger partial charge >= 0.3 is 0 Å². The maximum Gasteiger partial charge on any atom is 0.0643 e. The van der Waals surface area contributed by atoms with Gasteiger partial charge in [-0.2, -0.15) is 0 Å². The van der Waals surface area contributed by atoms with Crippen LogP contribution in [-0.4, -0.2) is 11.0 Å². The number of aryl methyl sites for hydroxylation is 1. The van der Waals surface area contributed by atoms with E-state index in [1.54, 1.807) is 18.3 Å². The largest absolute Gasteiger partial charge is 0.545 e. The number of carboxylic acids is 1. The topological polar surface area (TPSA) is 53.0 Å². The van der Waals surface area contributed by atoms with Gasteiger partial charge in [0.05, 0.1) is 5.97 Å². The molecule has 12 heavy (non-hydrogen) atoms. The van der Waals surface area contributed by atoms with Gasteiger partial charge in [-0.1, -0.05) is 6.08 Å². The Morgan fingerprint density at radius 2 is 2.42 bits per heavy atom. The van der Waals surface area contributed by atoms with E-state index in [9.17, 15) is 9.90 Å². The van der Waals surface area contributed by atoms with Gasteiger partial charge in [0, 0.05) is 11.9 Å². The summed E-state index contributed by atoms with van der Waals surface area (Å²) in [6.07, 6.45) is 4.10. The molecule has 0 aliphatic carbocycles. The van der Waals surface area contributed by atoms with Crippen LogP contribution in [0.3, 0.4) is 0 Å². The van der Waals surface area contributed by atoms with Crippen molar-refractivity contribution in [3.63, 3.8) is 0 Å². The van der Waals surface area contributed by atoms with E-state index in [0.29, 0.717) is 0 Å². The summed E-state index contributed by atoms with van der Waals surface area (Å²) in [5.74, 6) is -1.19. The second-order valence-corrected chi connectivity index (χ2v) is 2.38. The highest BCUT2D eigenvalue weighted by Gasteiger charge is 1.87. The molecule has 0 fully saturated rings. The zero-order chi connectivity index (χ0) is 8.97. The predicted octanol–water partition coefficient (Wildman–Crippen LogP) is 0.153. The van der Waals surface area contributed by atoms with Crippen LogP contribution in [0, 0.1) is 6.92 Å². The van der Waals surface area contributed by atoms with E-state index in [4.69, 9.17) is 0 Å². The Morgan fingerprint density at radius 1 is 1.67 bits per heavy atom. The molecule has 0 saturated carbocycles. The minimum absolute atomic E-state index is 0.812. The minimum atomic E-state index is -1.19. The highest BCUT2D eigenvalue weighted by molar-refractivity contribution is 5.83. The Kier molecular flexibility index (Phi) is 2.58. The monoisotopic (exact) mass is 162 g/mol. The van der Waals surface area contributed by atoms with Crippen molar-refractivity contribution < 1.29 is 9.90 Å². The number of hydrogen-bond donors (Lipinski definition) is 0. The lowest BCUT2D eigenvalue weighted by Gasteiger charge is -1.95. The lowest BCUT2D eigenvalue weighted by atomic mass is 10.2. The standard InChI is InChI=1S/C9H9NO2/c1-7-6-8(4-5-10-7)2-3-9(11)12/h2-6H,1H3,(H,11,12)/p-1/b3-2+.